The van der Waals surface area contributed by atoms with Crippen LogP contribution >= 0.6 is 0 Å². The molecule has 0 aromatic carbocycles. The van der Waals surface area contributed by atoms with E-state index in [0.717, 1.165) is 52.2 Å². The number of likely N-dealkylation sites (N-methyl/N-ethyl adjacent to an activating group) is 1. The van der Waals surface area contributed by atoms with Crippen molar-refractivity contribution < 1.29 is 4.74 Å². The molecule has 1 atom stereocenters. The number of nitriles is 1. The summed E-state index contributed by atoms with van der Waals surface area (Å²) in [6.45, 7) is 11.7. The predicted molar refractivity (Wildman–Crippen MR) is 70.9 cm³/mol. The molecular weight excluding hydrogens is 214 g/mol. The number of hydrogen-bond donors (Lipinski definition) is 1. The zero-order valence-electron chi connectivity index (χ0n) is 11.5. The zero-order chi connectivity index (χ0) is 12.9. The van der Waals surface area contributed by atoms with Gasteiger partial charge in [0.25, 0.3) is 0 Å². The van der Waals surface area contributed by atoms with E-state index in [9.17, 15) is 0 Å². The van der Waals surface area contributed by atoms with Crippen molar-refractivity contribution in [1.29, 1.82) is 5.26 Å². The SMILES string of the molecule is CCCNC(C#N)CCN(CC)CCOCC. The molecule has 0 saturated heterocycles. The van der Waals surface area contributed by atoms with E-state index in [1.165, 1.54) is 0 Å². The minimum Gasteiger partial charge on any atom is -0.380 e. The van der Waals surface area contributed by atoms with Gasteiger partial charge in [0.15, 0.2) is 0 Å². The van der Waals surface area contributed by atoms with Crippen LogP contribution in [0.3, 0.4) is 0 Å². The summed E-state index contributed by atoms with van der Waals surface area (Å²) in [4.78, 5) is 2.33. The summed E-state index contributed by atoms with van der Waals surface area (Å²) in [5.74, 6) is 0. The highest BCUT2D eigenvalue weighted by Gasteiger charge is 2.08. The topological polar surface area (TPSA) is 48.3 Å². The molecule has 100 valence electrons. The van der Waals surface area contributed by atoms with E-state index in [0.29, 0.717) is 0 Å². The van der Waals surface area contributed by atoms with E-state index >= 15 is 0 Å². The number of rotatable bonds is 11. The lowest BCUT2D eigenvalue weighted by Crippen LogP contribution is -2.35. The molecule has 0 aromatic heterocycles. The lowest BCUT2D eigenvalue weighted by molar-refractivity contribution is 0.114. The van der Waals surface area contributed by atoms with Crippen LogP contribution in [0.25, 0.3) is 0 Å². The Kier molecular flexibility index (Phi) is 11.4. The molecule has 4 heteroatoms. The smallest absolute Gasteiger partial charge is 0.0965 e. The van der Waals surface area contributed by atoms with E-state index in [4.69, 9.17) is 10.00 Å². The Bertz CT molecular complexity index is 203. The van der Waals surface area contributed by atoms with Crippen molar-refractivity contribution in [1.82, 2.24) is 10.2 Å². The molecule has 0 fully saturated rings. The summed E-state index contributed by atoms with van der Waals surface area (Å²) in [5, 5.41) is 12.2. The number of hydrogen-bond acceptors (Lipinski definition) is 4. The first-order chi connectivity index (χ1) is 8.28. The summed E-state index contributed by atoms with van der Waals surface area (Å²) in [7, 11) is 0. The summed E-state index contributed by atoms with van der Waals surface area (Å²) >= 11 is 0. The van der Waals surface area contributed by atoms with Crippen LogP contribution in [-0.4, -0.2) is 50.3 Å². The Morgan fingerprint density at radius 2 is 2.06 bits per heavy atom. The molecule has 0 spiro atoms. The summed E-state index contributed by atoms with van der Waals surface area (Å²) in [6, 6.07) is 2.30. The highest BCUT2D eigenvalue weighted by atomic mass is 16.5. The Hall–Kier alpha value is -0.630. The van der Waals surface area contributed by atoms with Gasteiger partial charge in [-0.2, -0.15) is 5.26 Å². The first-order valence-electron chi connectivity index (χ1n) is 6.71. The lowest BCUT2D eigenvalue weighted by Gasteiger charge is -2.21. The summed E-state index contributed by atoms with van der Waals surface area (Å²) < 4.78 is 5.34. The van der Waals surface area contributed by atoms with Crippen molar-refractivity contribution in [3.63, 3.8) is 0 Å². The predicted octanol–water partition coefficient (Wildman–Crippen LogP) is 1.63. The van der Waals surface area contributed by atoms with Crippen molar-refractivity contribution in [3.05, 3.63) is 0 Å². The van der Waals surface area contributed by atoms with Crippen LogP contribution in [0.5, 0.6) is 0 Å². The van der Waals surface area contributed by atoms with E-state index in [1.54, 1.807) is 0 Å². The standard InChI is InChI=1S/C13H27N3O/c1-4-8-15-13(12-14)7-9-16(5-2)10-11-17-6-3/h13,15H,4-11H2,1-3H3. The quantitative estimate of drug-likeness (QED) is 0.559. The molecule has 0 saturated carbocycles. The van der Waals surface area contributed by atoms with Gasteiger partial charge in [0.1, 0.15) is 0 Å². The molecule has 1 N–H and O–H groups in total. The van der Waals surface area contributed by atoms with Gasteiger partial charge >= 0.3 is 0 Å². The second kappa shape index (κ2) is 11.8. The molecule has 0 rings (SSSR count). The van der Waals surface area contributed by atoms with Gasteiger partial charge in [0, 0.05) is 19.7 Å². The molecule has 0 aliphatic carbocycles. The minimum absolute atomic E-state index is 0.0175. The average molecular weight is 241 g/mol. The maximum Gasteiger partial charge on any atom is 0.0965 e. The molecule has 0 heterocycles. The molecule has 17 heavy (non-hydrogen) atoms. The zero-order valence-corrected chi connectivity index (χ0v) is 11.5. The number of ether oxygens (including phenoxy) is 1. The van der Waals surface area contributed by atoms with E-state index in [1.807, 2.05) is 6.92 Å². The summed E-state index contributed by atoms with van der Waals surface area (Å²) in [5.41, 5.74) is 0. The van der Waals surface area contributed by atoms with Crippen molar-refractivity contribution in [2.45, 2.75) is 39.7 Å². The molecule has 0 radical (unpaired) electrons. The maximum atomic E-state index is 9.00. The Labute approximate surface area is 106 Å². The van der Waals surface area contributed by atoms with Crippen molar-refractivity contribution in [2.24, 2.45) is 0 Å². The second-order valence-electron chi connectivity index (χ2n) is 4.06. The largest absolute Gasteiger partial charge is 0.380 e. The molecular formula is C13H27N3O. The molecule has 0 aliphatic heterocycles. The normalized spacial score (nSPS) is 12.6. The Morgan fingerprint density at radius 3 is 2.59 bits per heavy atom. The fraction of sp³-hybridized carbons (Fsp3) is 0.923. The Balaban J connectivity index is 3.74. The average Bonchev–Trinajstić information content (AvgIpc) is 2.36. The van der Waals surface area contributed by atoms with E-state index in [2.05, 4.69) is 30.1 Å². The van der Waals surface area contributed by atoms with Gasteiger partial charge < -0.3 is 15.0 Å². The first-order valence-corrected chi connectivity index (χ1v) is 6.71. The number of nitrogens with one attached hydrogen (secondary N) is 1. The molecule has 4 nitrogen and oxygen atoms in total. The molecule has 0 amide bonds. The van der Waals surface area contributed by atoms with Gasteiger partial charge in [-0.05, 0) is 32.9 Å². The van der Waals surface area contributed by atoms with Gasteiger partial charge in [0.05, 0.1) is 18.7 Å². The molecule has 0 aromatic rings. The van der Waals surface area contributed by atoms with Gasteiger partial charge in [-0.1, -0.05) is 13.8 Å². The van der Waals surface area contributed by atoms with Crippen molar-refractivity contribution >= 4 is 0 Å². The van der Waals surface area contributed by atoms with Crippen LogP contribution in [0.4, 0.5) is 0 Å². The van der Waals surface area contributed by atoms with Gasteiger partial charge in [-0.3, -0.25) is 0 Å². The van der Waals surface area contributed by atoms with Crippen molar-refractivity contribution in [2.75, 3.05) is 39.4 Å². The molecule has 0 aliphatic rings. The monoisotopic (exact) mass is 241 g/mol. The fourth-order valence-electron chi connectivity index (χ4n) is 1.61. The fourth-order valence-corrected chi connectivity index (χ4v) is 1.61. The minimum atomic E-state index is -0.0175. The van der Waals surface area contributed by atoms with Gasteiger partial charge in [0.2, 0.25) is 0 Å². The third-order valence-corrected chi connectivity index (χ3v) is 2.73. The van der Waals surface area contributed by atoms with E-state index < -0.39 is 0 Å². The van der Waals surface area contributed by atoms with Gasteiger partial charge in [-0.25, -0.2) is 0 Å². The van der Waals surface area contributed by atoms with Crippen LogP contribution < -0.4 is 5.32 Å². The maximum absolute atomic E-state index is 9.00. The Morgan fingerprint density at radius 1 is 1.29 bits per heavy atom. The highest BCUT2D eigenvalue weighted by molar-refractivity contribution is 4.89. The lowest BCUT2D eigenvalue weighted by atomic mass is 10.2. The second-order valence-corrected chi connectivity index (χ2v) is 4.06. The summed E-state index contributed by atoms with van der Waals surface area (Å²) in [6.07, 6.45) is 1.95. The van der Waals surface area contributed by atoms with Crippen molar-refractivity contribution in [3.8, 4) is 6.07 Å². The number of nitrogens with zero attached hydrogens (tertiary/aromatic N) is 2. The first kappa shape index (κ1) is 16.4. The molecule has 1 unspecified atom stereocenters. The van der Waals surface area contributed by atoms with Crippen LogP contribution in [-0.2, 0) is 4.74 Å². The third-order valence-electron chi connectivity index (χ3n) is 2.73. The van der Waals surface area contributed by atoms with E-state index in [-0.39, 0.29) is 6.04 Å². The van der Waals surface area contributed by atoms with Crippen LogP contribution in [0.15, 0.2) is 0 Å². The van der Waals surface area contributed by atoms with Gasteiger partial charge in [-0.15, -0.1) is 0 Å². The third kappa shape index (κ3) is 9.11. The van der Waals surface area contributed by atoms with Crippen LogP contribution in [0.1, 0.15) is 33.6 Å². The highest BCUT2D eigenvalue weighted by Crippen LogP contribution is 1.96. The molecule has 0 bridgehead atoms. The van der Waals surface area contributed by atoms with Crippen LogP contribution in [0.2, 0.25) is 0 Å². The van der Waals surface area contributed by atoms with Crippen LogP contribution in [0, 0.1) is 11.3 Å².